The maximum atomic E-state index is 13.2. The van der Waals surface area contributed by atoms with E-state index in [2.05, 4.69) is 38.8 Å². The number of amides is 1. The summed E-state index contributed by atoms with van der Waals surface area (Å²) in [5, 5.41) is 3.43. The van der Waals surface area contributed by atoms with Gasteiger partial charge in [-0.3, -0.25) is 9.52 Å². The molecule has 0 unspecified atom stereocenters. The number of hydrogen-bond donors (Lipinski definition) is 3. The smallest absolute Gasteiger partial charge is 0.270 e. The van der Waals surface area contributed by atoms with E-state index in [1.54, 1.807) is 30.5 Å². The summed E-state index contributed by atoms with van der Waals surface area (Å²) >= 11 is 0. The molecular formula is C24H30N6O3S. The first kappa shape index (κ1) is 23.6. The molecule has 1 aliphatic heterocycles. The van der Waals surface area contributed by atoms with E-state index in [4.69, 9.17) is 0 Å². The molecule has 1 aliphatic rings. The molecule has 3 aromatic rings. The van der Waals surface area contributed by atoms with E-state index in [9.17, 15) is 13.2 Å². The average Bonchev–Trinajstić information content (AvgIpc) is 3.28. The van der Waals surface area contributed by atoms with Crippen LogP contribution in [0.5, 0.6) is 0 Å². The Kier molecular flexibility index (Phi) is 6.78. The van der Waals surface area contributed by atoms with Gasteiger partial charge in [0.1, 0.15) is 5.69 Å². The van der Waals surface area contributed by atoms with Crippen LogP contribution >= 0.6 is 0 Å². The zero-order valence-electron chi connectivity index (χ0n) is 19.6. The largest absolute Gasteiger partial charge is 0.380 e. The molecule has 0 bridgehead atoms. The molecule has 0 saturated carbocycles. The molecule has 0 spiro atoms. The third kappa shape index (κ3) is 5.51. The van der Waals surface area contributed by atoms with E-state index in [0.717, 1.165) is 17.8 Å². The van der Waals surface area contributed by atoms with Crippen LogP contribution in [-0.2, 0) is 10.0 Å². The molecule has 180 valence electrons. The summed E-state index contributed by atoms with van der Waals surface area (Å²) in [6, 6.07) is 14.9. The molecule has 9 nitrogen and oxygen atoms in total. The van der Waals surface area contributed by atoms with Crippen LogP contribution in [0.15, 0.2) is 54.7 Å². The highest BCUT2D eigenvalue weighted by molar-refractivity contribution is 7.92. The number of carbonyl (C=O) groups excluding carboxylic acids is 1. The van der Waals surface area contributed by atoms with Crippen LogP contribution in [0.1, 0.15) is 24.3 Å². The van der Waals surface area contributed by atoms with Gasteiger partial charge >= 0.3 is 0 Å². The molecule has 1 saturated heterocycles. The number of H-pyrrole nitrogens is 1. The Bertz CT molecular complexity index is 1260. The van der Waals surface area contributed by atoms with Gasteiger partial charge in [-0.05, 0) is 44.2 Å². The predicted molar refractivity (Wildman–Crippen MR) is 136 cm³/mol. The fourth-order valence-electron chi connectivity index (χ4n) is 4.05. The molecule has 0 radical (unpaired) electrons. The number of carbonyl (C=O) groups is 1. The number of nitrogens with one attached hydrogen (secondary N) is 3. The highest BCUT2D eigenvalue weighted by Crippen LogP contribution is 2.29. The Balaban J connectivity index is 1.45. The second-order valence-electron chi connectivity index (χ2n) is 8.66. The number of nitrogens with zero attached hydrogens (tertiary/aromatic N) is 3. The normalized spacial score (nSPS) is 14.4. The monoisotopic (exact) mass is 482 g/mol. The minimum atomic E-state index is -3.43. The van der Waals surface area contributed by atoms with Crippen LogP contribution in [0.25, 0.3) is 11.3 Å². The molecule has 3 heterocycles. The Labute approximate surface area is 200 Å². The lowest BCUT2D eigenvalue weighted by atomic mass is 10.1. The van der Waals surface area contributed by atoms with Crippen molar-refractivity contribution in [3.63, 3.8) is 0 Å². The third-order valence-electron chi connectivity index (χ3n) is 5.53. The lowest BCUT2D eigenvalue weighted by molar-refractivity contribution is 0.0741. The van der Waals surface area contributed by atoms with Gasteiger partial charge in [0, 0.05) is 49.7 Å². The van der Waals surface area contributed by atoms with Crippen molar-refractivity contribution in [3.8, 4) is 11.3 Å². The summed E-state index contributed by atoms with van der Waals surface area (Å²) in [6.45, 7) is 6.71. The molecule has 34 heavy (non-hydrogen) atoms. The van der Waals surface area contributed by atoms with E-state index >= 15 is 0 Å². The number of piperazine rings is 1. The van der Waals surface area contributed by atoms with Crippen molar-refractivity contribution >= 4 is 33.1 Å². The van der Waals surface area contributed by atoms with Crippen LogP contribution in [-0.4, -0.2) is 67.7 Å². The topological polar surface area (TPSA) is 110 Å². The van der Waals surface area contributed by atoms with Gasteiger partial charge in [0.15, 0.2) is 5.82 Å². The molecule has 3 N–H and O–H groups in total. The van der Waals surface area contributed by atoms with E-state index in [1.165, 1.54) is 0 Å². The van der Waals surface area contributed by atoms with E-state index < -0.39 is 10.0 Å². The summed E-state index contributed by atoms with van der Waals surface area (Å²) in [7, 11) is -3.43. The van der Waals surface area contributed by atoms with Crippen LogP contribution < -0.4 is 14.9 Å². The number of anilines is 3. The van der Waals surface area contributed by atoms with Crippen LogP contribution in [0.3, 0.4) is 0 Å². The van der Waals surface area contributed by atoms with Gasteiger partial charge in [0.2, 0.25) is 10.0 Å². The first-order valence-corrected chi connectivity index (χ1v) is 13.1. The minimum absolute atomic E-state index is 0.0824. The SMILES string of the molecule is CC(C)Nc1cccnc1N1CCN(C(=O)c2ccc(-c3ccccc3NS(C)(=O)=O)[nH]2)CC1. The maximum Gasteiger partial charge on any atom is 0.270 e. The Morgan fingerprint density at radius 2 is 1.71 bits per heavy atom. The van der Waals surface area contributed by atoms with Gasteiger partial charge in [-0.15, -0.1) is 0 Å². The zero-order chi connectivity index (χ0) is 24.3. The first-order valence-electron chi connectivity index (χ1n) is 11.2. The second-order valence-corrected chi connectivity index (χ2v) is 10.4. The number of rotatable bonds is 7. The van der Waals surface area contributed by atoms with Crippen molar-refractivity contribution in [2.45, 2.75) is 19.9 Å². The third-order valence-corrected chi connectivity index (χ3v) is 6.12. The molecule has 10 heteroatoms. The summed E-state index contributed by atoms with van der Waals surface area (Å²) in [5.74, 6) is 0.821. The lowest BCUT2D eigenvalue weighted by Gasteiger charge is -2.36. The molecule has 4 rings (SSSR count). The fourth-order valence-corrected chi connectivity index (χ4v) is 4.63. The summed E-state index contributed by atoms with van der Waals surface area (Å²) < 4.78 is 26.0. The highest BCUT2D eigenvalue weighted by Gasteiger charge is 2.25. The molecular weight excluding hydrogens is 452 g/mol. The van der Waals surface area contributed by atoms with Gasteiger partial charge < -0.3 is 20.1 Å². The summed E-state index contributed by atoms with van der Waals surface area (Å²) in [5.41, 5.74) is 3.27. The second kappa shape index (κ2) is 9.76. The van der Waals surface area contributed by atoms with Gasteiger partial charge in [-0.1, -0.05) is 18.2 Å². The predicted octanol–water partition coefficient (Wildman–Crippen LogP) is 3.23. The zero-order valence-corrected chi connectivity index (χ0v) is 20.4. The number of sulfonamides is 1. The Morgan fingerprint density at radius 3 is 2.41 bits per heavy atom. The quantitative estimate of drug-likeness (QED) is 0.477. The summed E-state index contributed by atoms with van der Waals surface area (Å²) in [4.78, 5) is 24.9. The van der Waals surface area contributed by atoms with Gasteiger partial charge in [-0.2, -0.15) is 0 Å². The van der Waals surface area contributed by atoms with Crippen LogP contribution in [0.4, 0.5) is 17.2 Å². The number of aromatic nitrogens is 2. The van der Waals surface area contributed by atoms with Gasteiger partial charge in [-0.25, -0.2) is 13.4 Å². The van der Waals surface area contributed by atoms with Gasteiger partial charge in [0.05, 0.1) is 17.6 Å². The fraction of sp³-hybridized carbons (Fsp3) is 0.333. The number of hydrogen-bond acceptors (Lipinski definition) is 6. The van der Waals surface area contributed by atoms with E-state index in [0.29, 0.717) is 54.9 Å². The molecule has 0 aliphatic carbocycles. The lowest BCUT2D eigenvalue weighted by Crippen LogP contribution is -2.49. The molecule has 2 aromatic heterocycles. The first-order chi connectivity index (χ1) is 16.2. The van der Waals surface area contributed by atoms with Crippen molar-refractivity contribution in [1.82, 2.24) is 14.9 Å². The highest BCUT2D eigenvalue weighted by atomic mass is 32.2. The number of pyridine rings is 1. The van der Waals surface area contributed by atoms with Crippen molar-refractivity contribution in [3.05, 3.63) is 60.4 Å². The van der Waals surface area contributed by atoms with E-state index in [1.807, 2.05) is 29.2 Å². The average molecular weight is 483 g/mol. The van der Waals surface area contributed by atoms with Crippen molar-refractivity contribution < 1.29 is 13.2 Å². The molecule has 1 amide bonds. The molecule has 0 atom stereocenters. The van der Waals surface area contributed by atoms with Crippen LogP contribution in [0, 0.1) is 0 Å². The molecule has 1 fully saturated rings. The van der Waals surface area contributed by atoms with Crippen molar-refractivity contribution in [2.75, 3.05) is 47.4 Å². The minimum Gasteiger partial charge on any atom is -0.380 e. The number of para-hydroxylation sites is 1. The Morgan fingerprint density at radius 1 is 1.00 bits per heavy atom. The standard InChI is InChI=1S/C24H30N6O3S/c1-17(2)26-21-9-6-12-25-23(21)29-13-15-30(16-14-29)24(31)22-11-10-19(27-22)18-7-4-5-8-20(18)28-34(3,32)33/h4-12,17,26-28H,13-16H2,1-3H3. The Hall–Kier alpha value is -3.53. The maximum absolute atomic E-state index is 13.2. The molecule has 1 aromatic carbocycles. The van der Waals surface area contributed by atoms with Crippen molar-refractivity contribution in [1.29, 1.82) is 0 Å². The van der Waals surface area contributed by atoms with Crippen LogP contribution in [0.2, 0.25) is 0 Å². The number of benzene rings is 1. The van der Waals surface area contributed by atoms with Crippen molar-refractivity contribution in [2.24, 2.45) is 0 Å². The van der Waals surface area contributed by atoms with Gasteiger partial charge in [0.25, 0.3) is 5.91 Å². The number of aromatic amines is 1. The van der Waals surface area contributed by atoms with E-state index in [-0.39, 0.29) is 5.91 Å². The summed E-state index contributed by atoms with van der Waals surface area (Å²) in [6.07, 6.45) is 2.90.